The van der Waals surface area contributed by atoms with E-state index in [1.54, 1.807) is 41.5 Å². The highest BCUT2D eigenvalue weighted by atomic mass is 35.5. The van der Waals surface area contributed by atoms with E-state index in [0.29, 0.717) is 17.4 Å². The van der Waals surface area contributed by atoms with Crippen LogP contribution in [-0.2, 0) is 6.54 Å². The highest BCUT2D eigenvalue weighted by molar-refractivity contribution is 7.18. The molecule has 0 radical (unpaired) electrons. The Hall–Kier alpha value is -1.98. The number of benzene rings is 1. The molecule has 0 aliphatic heterocycles. The molecule has 0 unspecified atom stereocenters. The number of thiazole rings is 1. The monoisotopic (exact) mass is 317 g/mol. The summed E-state index contributed by atoms with van der Waals surface area (Å²) in [4.78, 5) is 22.5. The van der Waals surface area contributed by atoms with Crippen LogP contribution in [0.25, 0.3) is 10.2 Å². The summed E-state index contributed by atoms with van der Waals surface area (Å²) in [5.74, 6) is -0.170. The van der Waals surface area contributed by atoms with Crippen molar-refractivity contribution in [3.63, 3.8) is 0 Å². The molecule has 0 fully saturated rings. The second-order valence-electron chi connectivity index (χ2n) is 4.58. The maximum atomic E-state index is 12.3. The number of fused-ring (bicyclic) bond motifs is 1. The third-order valence-electron chi connectivity index (χ3n) is 2.99. The standard InChI is InChI=1S/C15H12ClN3OS/c1-19(15(20)11-6-4-8-13(16)17-11)9-14-18-10-5-2-3-7-12(10)21-14/h2-8H,9H2,1H3. The topological polar surface area (TPSA) is 46.1 Å². The molecule has 1 amide bonds. The summed E-state index contributed by atoms with van der Waals surface area (Å²) in [6, 6.07) is 12.9. The number of aromatic nitrogens is 2. The van der Waals surface area contributed by atoms with Gasteiger partial charge in [-0.15, -0.1) is 11.3 Å². The number of amides is 1. The Labute approximate surface area is 131 Å². The molecule has 21 heavy (non-hydrogen) atoms. The fraction of sp³-hybridized carbons (Fsp3) is 0.133. The molecule has 2 heterocycles. The van der Waals surface area contributed by atoms with Crippen molar-refractivity contribution in [1.82, 2.24) is 14.9 Å². The van der Waals surface area contributed by atoms with Crippen molar-refractivity contribution >= 4 is 39.1 Å². The van der Waals surface area contributed by atoms with Crippen LogP contribution in [0.5, 0.6) is 0 Å². The van der Waals surface area contributed by atoms with Crippen molar-refractivity contribution in [3.05, 3.63) is 58.3 Å². The lowest BCUT2D eigenvalue weighted by atomic mass is 10.3. The van der Waals surface area contributed by atoms with Gasteiger partial charge in [-0.25, -0.2) is 9.97 Å². The Morgan fingerprint density at radius 1 is 1.19 bits per heavy atom. The summed E-state index contributed by atoms with van der Waals surface area (Å²) >= 11 is 7.40. The summed E-state index contributed by atoms with van der Waals surface area (Å²) in [6.07, 6.45) is 0. The van der Waals surface area contributed by atoms with Crippen LogP contribution in [0.1, 0.15) is 15.5 Å². The molecule has 0 spiro atoms. The van der Waals surface area contributed by atoms with Crippen LogP contribution in [0.3, 0.4) is 0 Å². The van der Waals surface area contributed by atoms with E-state index in [1.165, 1.54) is 0 Å². The van der Waals surface area contributed by atoms with E-state index in [2.05, 4.69) is 9.97 Å². The lowest BCUT2D eigenvalue weighted by Gasteiger charge is -2.14. The van der Waals surface area contributed by atoms with Gasteiger partial charge in [0.05, 0.1) is 16.8 Å². The maximum Gasteiger partial charge on any atom is 0.272 e. The lowest BCUT2D eigenvalue weighted by Crippen LogP contribution is -2.26. The summed E-state index contributed by atoms with van der Waals surface area (Å²) < 4.78 is 1.12. The molecule has 0 aliphatic rings. The minimum Gasteiger partial charge on any atom is -0.334 e. The van der Waals surface area contributed by atoms with Gasteiger partial charge in [0.25, 0.3) is 5.91 Å². The van der Waals surface area contributed by atoms with Crippen LogP contribution in [0, 0.1) is 0 Å². The van der Waals surface area contributed by atoms with Crippen molar-refractivity contribution < 1.29 is 4.79 Å². The van der Waals surface area contributed by atoms with Gasteiger partial charge in [0, 0.05) is 7.05 Å². The zero-order valence-electron chi connectivity index (χ0n) is 11.3. The van der Waals surface area contributed by atoms with Gasteiger partial charge < -0.3 is 4.90 Å². The third-order valence-corrected chi connectivity index (χ3v) is 4.22. The Balaban J connectivity index is 1.79. The molecule has 106 valence electrons. The molecule has 3 rings (SSSR count). The number of rotatable bonds is 3. The van der Waals surface area contributed by atoms with E-state index < -0.39 is 0 Å². The van der Waals surface area contributed by atoms with Gasteiger partial charge in [-0.05, 0) is 24.3 Å². The van der Waals surface area contributed by atoms with Crippen LogP contribution in [-0.4, -0.2) is 27.8 Å². The number of para-hydroxylation sites is 1. The van der Waals surface area contributed by atoms with Gasteiger partial charge in [0.1, 0.15) is 15.9 Å². The molecule has 3 aromatic rings. The molecule has 0 saturated carbocycles. The molecule has 1 aromatic carbocycles. The van der Waals surface area contributed by atoms with E-state index in [9.17, 15) is 4.79 Å². The van der Waals surface area contributed by atoms with Gasteiger partial charge in [-0.3, -0.25) is 4.79 Å². The smallest absolute Gasteiger partial charge is 0.272 e. The number of hydrogen-bond donors (Lipinski definition) is 0. The zero-order chi connectivity index (χ0) is 14.8. The minimum absolute atomic E-state index is 0.170. The SMILES string of the molecule is CN(Cc1nc2ccccc2s1)C(=O)c1cccc(Cl)n1. The fourth-order valence-corrected chi connectivity index (χ4v) is 3.17. The number of pyridine rings is 1. The molecule has 0 atom stereocenters. The highest BCUT2D eigenvalue weighted by Crippen LogP contribution is 2.22. The molecule has 0 saturated heterocycles. The molecule has 6 heteroatoms. The first-order valence-electron chi connectivity index (χ1n) is 6.36. The van der Waals surface area contributed by atoms with E-state index in [0.717, 1.165) is 15.2 Å². The van der Waals surface area contributed by atoms with Crippen molar-refractivity contribution in [2.75, 3.05) is 7.05 Å². The average molecular weight is 318 g/mol. The minimum atomic E-state index is -0.170. The Morgan fingerprint density at radius 3 is 2.76 bits per heavy atom. The van der Waals surface area contributed by atoms with Crippen molar-refractivity contribution in [1.29, 1.82) is 0 Å². The van der Waals surface area contributed by atoms with E-state index >= 15 is 0 Å². The Morgan fingerprint density at radius 2 is 2.00 bits per heavy atom. The summed E-state index contributed by atoms with van der Waals surface area (Å²) in [7, 11) is 1.73. The second-order valence-corrected chi connectivity index (χ2v) is 6.08. The highest BCUT2D eigenvalue weighted by Gasteiger charge is 2.15. The maximum absolute atomic E-state index is 12.3. The molecule has 0 bridgehead atoms. The zero-order valence-corrected chi connectivity index (χ0v) is 12.9. The summed E-state index contributed by atoms with van der Waals surface area (Å²) in [5, 5.41) is 1.21. The Kier molecular flexibility index (Phi) is 3.86. The second kappa shape index (κ2) is 5.79. The van der Waals surface area contributed by atoms with Crippen LogP contribution >= 0.6 is 22.9 Å². The summed E-state index contributed by atoms with van der Waals surface area (Å²) in [6.45, 7) is 0.451. The first-order chi connectivity index (χ1) is 10.1. The summed E-state index contributed by atoms with van der Waals surface area (Å²) in [5.41, 5.74) is 1.30. The molecule has 0 N–H and O–H groups in total. The van der Waals surface area contributed by atoms with E-state index in [1.807, 2.05) is 24.3 Å². The Bertz CT molecular complexity index is 769. The first-order valence-corrected chi connectivity index (χ1v) is 7.55. The quantitative estimate of drug-likeness (QED) is 0.693. The number of carbonyl (C=O) groups excluding carboxylic acids is 1. The number of hydrogen-bond acceptors (Lipinski definition) is 4. The van der Waals surface area contributed by atoms with Crippen molar-refractivity contribution in [2.24, 2.45) is 0 Å². The van der Waals surface area contributed by atoms with Crippen molar-refractivity contribution in [2.45, 2.75) is 6.54 Å². The van der Waals surface area contributed by atoms with Crippen LogP contribution in [0.15, 0.2) is 42.5 Å². The lowest BCUT2D eigenvalue weighted by molar-refractivity contribution is 0.0779. The van der Waals surface area contributed by atoms with Gasteiger partial charge in [-0.2, -0.15) is 0 Å². The van der Waals surface area contributed by atoms with Crippen LogP contribution < -0.4 is 0 Å². The van der Waals surface area contributed by atoms with Gasteiger partial charge in [0.2, 0.25) is 0 Å². The average Bonchev–Trinajstić information content (AvgIpc) is 2.88. The molecule has 0 aliphatic carbocycles. The number of carbonyl (C=O) groups is 1. The van der Waals surface area contributed by atoms with Gasteiger partial charge in [-0.1, -0.05) is 29.8 Å². The van der Waals surface area contributed by atoms with Gasteiger partial charge in [0.15, 0.2) is 0 Å². The molecular weight excluding hydrogens is 306 g/mol. The number of nitrogens with zero attached hydrogens (tertiary/aromatic N) is 3. The predicted octanol–water partition coefficient (Wildman–Crippen LogP) is 3.62. The number of halogens is 1. The normalized spacial score (nSPS) is 10.8. The predicted molar refractivity (Wildman–Crippen MR) is 84.7 cm³/mol. The largest absolute Gasteiger partial charge is 0.334 e. The third kappa shape index (κ3) is 3.04. The molecular formula is C15H12ClN3OS. The first kappa shape index (κ1) is 14.0. The molecule has 4 nitrogen and oxygen atoms in total. The van der Waals surface area contributed by atoms with E-state index in [4.69, 9.17) is 11.6 Å². The molecule has 2 aromatic heterocycles. The van der Waals surface area contributed by atoms with Crippen molar-refractivity contribution in [3.8, 4) is 0 Å². The van der Waals surface area contributed by atoms with Crippen LogP contribution in [0.4, 0.5) is 0 Å². The van der Waals surface area contributed by atoms with Gasteiger partial charge >= 0.3 is 0 Å². The van der Waals surface area contributed by atoms with Crippen LogP contribution in [0.2, 0.25) is 5.15 Å². The fourth-order valence-electron chi connectivity index (χ4n) is 1.99. The van der Waals surface area contributed by atoms with E-state index in [-0.39, 0.29) is 5.91 Å².